The van der Waals surface area contributed by atoms with E-state index in [2.05, 4.69) is 15.0 Å². The van der Waals surface area contributed by atoms with Gasteiger partial charge in [-0.1, -0.05) is 19.4 Å². The van der Waals surface area contributed by atoms with Gasteiger partial charge in [-0.25, -0.2) is 8.42 Å². The molecule has 0 aliphatic carbocycles. The fourth-order valence-electron chi connectivity index (χ4n) is 1.91. The zero-order chi connectivity index (χ0) is 16.2. The normalized spacial score (nSPS) is 15.8. The largest absolute Gasteiger partial charge is 0.370 e. The van der Waals surface area contributed by atoms with E-state index in [4.69, 9.17) is 5.73 Å². The SMILES string of the molecule is CCCCN=C(N)NC(=O)c1ccc2c(c1)S(=O)(=O)NC=C2. The number of unbranched alkanes of at least 4 members (excludes halogenated alkanes) is 1. The Bertz CT molecular complexity index is 738. The highest BCUT2D eigenvalue weighted by Gasteiger charge is 2.21. The average Bonchev–Trinajstić information content (AvgIpc) is 2.47. The number of hydrogen-bond donors (Lipinski definition) is 3. The van der Waals surface area contributed by atoms with Crippen molar-refractivity contribution in [1.29, 1.82) is 0 Å². The highest BCUT2D eigenvalue weighted by molar-refractivity contribution is 7.89. The second-order valence-electron chi connectivity index (χ2n) is 4.78. The lowest BCUT2D eigenvalue weighted by Gasteiger charge is -2.14. The molecule has 1 aromatic carbocycles. The van der Waals surface area contributed by atoms with Gasteiger partial charge in [0.15, 0.2) is 5.96 Å². The van der Waals surface area contributed by atoms with Gasteiger partial charge in [-0.3, -0.25) is 19.8 Å². The van der Waals surface area contributed by atoms with Gasteiger partial charge < -0.3 is 5.73 Å². The second kappa shape index (κ2) is 6.61. The van der Waals surface area contributed by atoms with Crippen LogP contribution < -0.4 is 15.8 Å². The lowest BCUT2D eigenvalue weighted by atomic mass is 10.1. The van der Waals surface area contributed by atoms with Gasteiger partial charge in [-0.15, -0.1) is 0 Å². The third kappa shape index (κ3) is 3.64. The first-order valence-electron chi connectivity index (χ1n) is 6.88. The Kier molecular flexibility index (Phi) is 4.81. The highest BCUT2D eigenvalue weighted by Crippen LogP contribution is 2.22. The third-order valence-corrected chi connectivity index (χ3v) is 4.47. The van der Waals surface area contributed by atoms with Gasteiger partial charge in [0, 0.05) is 18.3 Å². The van der Waals surface area contributed by atoms with Crippen LogP contribution in [0.5, 0.6) is 0 Å². The summed E-state index contributed by atoms with van der Waals surface area (Å²) in [4.78, 5) is 16.2. The van der Waals surface area contributed by atoms with Crippen LogP contribution in [0.4, 0.5) is 0 Å². The lowest BCUT2D eigenvalue weighted by Crippen LogP contribution is -2.37. The minimum atomic E-state index is -3.62. The molecule has 1 aliphatic rings. The molecule has 2 rings (SSSR count). The van der Waals surface area contributed by atoms with E-state index in [1.807, 2.05) is 6.92 Å². The van der Waals surface area contributed by atoms with Crippen LogP contribution in [0, 0.1) is 0 Å². The van der Waals surface area contributed by atoms with Crippen LogP contribution in [0.3, 0.4) is 0 Å². The van der Waals surface area contributed by atoms with Gasteiger partial charge in [0.2, 0.25) is 0 Å². The van der Waals surface area contributed by atoms with Gasteiger partial charge in [0.1, 0.15) is 0 Å². The first kappa shape index (κ1) is 16.0. The molecule has 7 nitrogen and oxygen atoms in total. The molecule has 0 unspecified atom stereocenters. The summed E-state index contributed by atoms with van der Waals surface area (Å²) in [5, 5.41) is 2.44. The zero-order valence-electron chi connectivity index (χ0n) is 12.2. The maximum absolute atomic E-state index is 12.1. The van der Waals surface area contributed by atoms with Gasteiger partial charge in [-0.2, -0.15) is 0 Å². The number of benzene rings is 1. The quantitative estimate of drug-likeness (QED) is 0.432. The summed E-state index contributed by atoms with van der Waals surface area (Å²) in [5.41, 5.74) is 6.35. The summed E-state index contributed by atoms with van der Waals surface area (Å²) < 4.78 is 26.1. The van der Waals surface area contributed by atoms with E-state index >= 15 is 0 Å². The number of fused-ring (bicyclic) bond motifs is 1. The van der Waals surface area contributed by atoms with Crippen LogP contribution in [0.25, 0.3) is 6.08 Å². The maximum atomic E-state index is 12.1. The summed E-state index contributed by atoms with van der Waals surface area (Å²) >= 11 is 0. The standard InChI is InChI=1S/C14H18N4O3S/c1-2-3-7-16-14(15)18-13(19)11-5-4-10-6-8-17-22(20,21)12(10)9-11/h4-6,8-9,17H,2-3,7H2,1H3,(H3,15,16,18,19). The van der Waals surface area contributed by atoms with Crippen LogP contribution >= 0.6 is 0 Å². The molecule has 8 heteroatoms. The summed E-state index contributed by atoms with van der Waals surface area (Å²) in [6.07, 6.45) is 4.83. The number of nitrogens with one attached hydrogen (secondary N) is 2. The molecule has 0 fully saturated rings. The lowest BCUT2D eigenvalue weighted by molar-refractivity contribution is 0.0976. The molecule has 0 saturated heterocycles. The van der Waals surface area contributed by atoms with Crippen molar-refractivity contribution in [2.45, 2.75) is 24.7 Å². The molecule has 0 radical (unpaired) electrons. The Hall–Kier alpha value is -2.35. The molecular weight excluding hydrogens is 304 g/mol. The van der Waals surface area contributed by atoms with Gasteiger partial charge in [0.05, 0.1) is 4.90 Å². The van der Waals surface area contributed by atoms with E-state index in [9.17, 15) is 13.2 Å². The van der Waals surface area contributed by atoms with E-state index in [-0.39, 0.29) is 16.4 Å². The maximum Gasteiger partial charge on any atom is 0.262 e. The van der Waals surface area contributed by atoms with Crippen LogP contribution in [0.1, 0.15) is 35.7 Å². The number of carbonyl (C=O) groups is 1. The van der Waals surface area contributed by atoms with E-state index in [0.717, 1.165) is 12.8 Å². The molecule has 1 heterocycles. The van der Waals surface area contributed by atoms with Crippen molar-refractivity contribution in [2.24, 2.45) is 10.7 Å². The molecule has 0 atom stereocenters. The fraction of sp³-hybridized carbons (Fsp3) is 0.286. The Morgan fingerprint density at radius 3 is 2.91 bits per heavy atom. The number of carbonyl (C=O) groups excluding carboxylic acids is 1. The van der Waals surface area contributed by atoms with Crippen molar-refractivity contribution in [3.63, 3.8) is 0 Å². The predicted octanol–water partition coefficient (Wildman–Crippen LogP) is 0.794. The number of aliphatic imine (C=N–C) groups is 1. The molecule has 0 spiro atoms. The molecule has 0 aromatic heterocycles. The van der Waals surface area contributed by atoms with Gasteiger partial charge in [0.25, 0.3) is 15.9 Å². The Morgan fingerprint density at radius 1 is 1.41 bits per heavy atom. The van der Waals surface area contributed by atoms with Gasteiger partial charge in [-0.05, 0) is 30.2 Å². The molecule has 0 bridgehead atoms. The van der Waals surface area contributed by atoms with Crippen molar-refractivity contribution in [3.05, 3.63) is 35.5 Å². The molecule has 22 heavy (non-hydrogen) atoms. The first-order chi connectivity index (χ1) is 10.4. The van der Waals surface area contributed by atoms with E-state index in [1.54, 1.807) is 18.2 Å². The summed E-state index contributed by atoms with van der Waals surface area (Å²) in [5.74, 6) is -0.470. The summed E-state index contributed by atoms with van der Waals surface area (Å²) in [6.45, 7) is 2.57. The molecule has 1 aliphatic heterocycles. The first-order valence-corrected chi connectivity index (χ1v) is 8.36. The van der Waals surface area contributed by atoms with Crippen molar-refractivity contribution in [2.75, 3.05) is 6.54 Å². The second-order valence-corrected chi connectivity index (χ2v) is 6.46. The van der Waals surface area contributed by atoms with Crippen LogP contribution in [-0.2, 0) is 10.0 Å². The van der Waals surface area contributed by atoms with E-state index in [1.165, 1.54) is 12.3 Å². The smallest absolute Gasteiger partial charge is 0.262 e. The molecule has 1 amide bonds. The van der Waals surface area contributed by atoms with E-state index in [0.29, 0.717) is 12.1 Å². The molecule has 0 saturated carbocycles. The fourth-order valence-corrected chi connectivity index (χ4v) is 3.01. The predicted molar refractivity (Wildman–Crippen MR) is 84.7 cm³/mol. The number of nitrogens with two attached hydrogens (primary N) is 1. The highest BCUT2D eigenvalue weighted by atomic mass is 32.2. The van der Waals surface area contributed by atoms with Gasteiger partial charge >= 0.3 is 0 Å². The topological polar surface area (TPSA) is 114 Å². The van der Waals surface area contributed by atoms with E-state index < -0.39 is 15.9 Å². The number of guanidine groups is 1. The molecule has 118 valence electrons. The number of sulfonamides is 1. The molecule has 4 N–H and O–H groups in total. The monoisotopic (exact) mass is 322 g/mol. The van der Waals surface area contributed by atoms with Crippen LogP contribution in [0.2, 0.25) is 0 Å². The Balaban J connectivity index is 2.18. The number of nitrogens with zero attached hydrogens (tertiary/aromatic N) is 1. The minimum absolute atomic E-state index is 0.0250. The van der Waals surface area contributed by atoms with Crippen molar-refractivity contribution in [3.8, 4) is 0 Å². The minimum Gasteiger partial charge on any atom is -0.370 e. The number of hydrogen-bond acceptors (Lipinski definition) is 4. The summed E-state index contributed by atoms with van der Waals surface area (Å²) in [7, 11) is -3.62. The Morgan fingerprint density at radius 2 is 2.18 bits per heavy atom. The van der Waals surface area contributed by atoms with Crippen LogP contribution in [-0.4, -0.2) is 26.8 Å². The van der Waals surface area contributed by atoms with Crippen molar-refractivity contribution >= 4 is 28.0 Å². The number of amides is 1. The zero-order valence-corrected chi connectivity index (χ0v) is 13.0. The third-order valence-electron chi connectivity index (χ3n) is 3.09. The molecule has 1 aromatic rings. The number of rotatable bonds is 4. The summed E-state index contributed by atoms with van der Waals surface area (Å²) in [6, 6.07) is 4.43. The molecular formula is C14H18N4O3S. The van der Waals surface area contributed by atoms with Crippen LogP contribution in [0.15, 0.2) is 34.3 Å². The van der Waals surface area contributed by atoms with Crippen molar-refractivity contribution < 1.29 is 13.2 Å². The average molecular weight is 322 g/mol. The Labute approximate surface area is 129 Å². The van der Waals surface area contributed by atoms with Crippen molar-refractivity contribution in [1.82, 2.24) is 10.0 Å².